The van der Waals surface area contributed by atoms with Crippen LogP contribution in [0.2, 0.25) is 0 Å². The van der Waals surface area contributed by atoms with Gasteiger partial charge in [0, 0.05) is 12.1 Å². The van der Waals surface area contributed by atoms with Gasteiger partial charge in [0.25, 0.3) is 5.91 Å². The lowest BCUT2D eigenvalue weighted by Crippen LogP contribution is -2.54. The fourth-order valence-electron chi connectivity index (χ4n) is 2.97. The van der Waals surface area contributed by atoms with Crippen molar-refractivity contribution < 1.29 is 9.53 Å². The van der Waals surface area contributed by atoms with Crippen molar-refractivity contribution in [3.8, 4) is 5.75 Å². The molecule has 1 amide bonds. The van der Waals surface area contributed by atoms with Crippen LogP contribution in [0.15, 0.2) is 30.3 Å². The molecule has 0 unspecified atom stereocenters. The first-order chi connectivity index (χ1) is 10.1. The molecule has 0 spiro atoms. The molecule has 0 atom stereocenters. The molecule has 1 aliphatic rings. The highest BCUT2D eigenvalue weighted by Gasteiger charge is 2.34. The zero-order valence-corrected chi connectivity index (χ0v) is 14.3. The van der Waals surface area contributed by atoms with E-state index in [1.165, 1.54) is 19.3 Å². The Morgan fingerprint density at radius 2 is 1.82 bits per heavy atom. The highest BCUT2D eigenvalue weighted by atomic mass is 35.5. The number of carbonyl (C=O) groups excluding carboxylic acids is 1. The fourth-order valence-corrected chi connectivity index (χ4v) is 2.97. The average molecular weight is 327 g/mol. The van der Waals surface area contributed by atoms with Crippen LogP contribution in [0.3, 0.4) is 0 Å². The predicted octanol–water partition coefficient (Wildman–Crippen LogP) is 2.87. The summed E-state index contributed by atoms with van der Waals surface area (Å²) in [5, 5.41) is 3.04. The molecule has 0 saturated heterocycles. The Bertz CT molecular complexity index is 445. The molecule has 1 saturated carbocycles. The highest BCUT2D eigenvalue weighted by Crippen LogP contribution is 2.31. The molecular formula is C17H27ClN2O2. The molecule has 124 valence electrons. The fraction of sp³-hybridized carbons (Fsp3) is 0.588. The van der Waals surface area contributed by atoms with E-state index in [0.717, 1.165) is 18.6 Å². The maximum atomic E-state index is 12.0. The van der Waals surface area contributed by atoms with Crippen molar-refractivity contribution in [2.24, 2.45) is 0 Å². The quantitative estimate of drug-likeness (QED) is 0.874. The minimum absolute atomic E-state index is 0. The molecule has 1 aromatic carbocycles. The van der Waals surface area contributed by atoms with Gasteiger partial charge in [-0.3, -0.25) is 4.79 Å². The second-order valence-electron chi connectivity index (χ2n) is 6.06. The number of halogens is 1. The Kier molecular flexibility index (Phi) is 7.69. The summed E-state index contributed by atoms with van der Waals surface area (Å²) < 4.78 is 5.48. The standard InChI is InChI=1S/C17H26N2O2.ClH/c1-19(2)17(11-7-4-8-12-17)14-18-16(20)13-21-15-9-5-3-6-10-15;/h3,5-6,9-10H,4,7-8,11-14H2,1-2H3,(H,18,20);1H. The number of likely N-dealkylation sites (N-methyl/N-ethyl adjacent to an activating group) is 1. The van der Waals surface area contributed by atoms with Crippen molar-refractivity contribution in [1.29, 1.82) is 0 Å². The molecule has 0 aliphatic heterocycles. The summed E-state index contributed by atoms with van der Waals surface area (Å²) in [5.74, 6) is 0.679. The van der Waals surface area contributed by atoms with E-state index in [4.69, 9.17) is 4.74 Å². The van der Waals surface area contributed by atoms with Gasteiger partial charge in [-0.2, -0.15) is 0 Å². The minimum Gasteiger partial charge on any atom is -0.484 e. The van der Waals surface area contributed by atoms with Crippen LogP contribution >= 0.6 is 12.4 Å². The van der Waals surface area contributed by atoms with Gasteiger partial charge in [-0.05, 0) is 39.1 Å². The van der Waals surface area contributed by atoms with Crippen LogP contribution in [-0.4, -0.2) is 43.6 Å². The zero-order chi connectivity index (χ0) is 15.1. The number of rotatable bonds is 6. The number of carbonyl (C=O) groups is 1. The molecule has 0 aromatic heterocycles. The van der Waals surface area contributed by atoms with E-state index in [1.807, 2.05) is 30.3 Å². The number of para-hydroxylation sites is 1. The molecule has 1 N–H and O–H groups in total. The maximum absolute atomic E-state index is 12.0. The van der Waals surface area contributed by atoms with E-state index in [-0.39, 0.29) is 30.5 Å². The second kappa shape index (κ2) is 9.01. The summed E-state index contributed by atoms with van der Waals surface area (Å²) in [5.41, 5.74) is 0.112. The van der Waals surface area contributed by atoms with E-state index in [0.29, 0.717) is 6.54 Å². The largest absolute Gasteiger partial charge is 0.484 e. The molecule has 1 aliphatic carbocycles. The van der Waals surface area contributed by atoms with Crippen molar-refractivity contribution in [2.45, 2.75) is 37.6 Å². The van der Waals surface area contributed by atoms with Crippen molar-refractivity contribution >= 4 is 18.3 Å². The molecule has 1 fully saturated rings. The van der Waals surface area contributed by atoms with Crippen LogP contribution in [0.5, 0.6) is 5.75 Å². The van der Waals surface area contributed by atoms with Gasteiger partial charge in [0.2, 0.25) is 0 Å². The van der Waals surface area contributed by atoms with Crippen LogP contribution in [0, 0.1) is 0 Å². The highest BCUT2D eigenvalue weighted by molar-refractivity contribution is 5.85. The molecular weight excluding hydrogens is 300 g/mol. The van der Waals surface area contributed by atoms with Gasteiger partial charge in [0.15, 0.2) is 6.61 Å². The zero-order valence-electron chi connectivity index (χ0n) is 13.5. The Morgan fingerprint density at radius 3 is 2.41 bits per heavy atom. The Hall–Kier alpha value is -1.26. The van der Waals surface area contributed by atoms with Crippen molar-refractivity contribution in [3.63, 3.8) is 0 Å². The number of nitrogens with one attached hydrogen (secondary N) is 1. The molecule has 0 bridgehead atoms. The third-order valence-corrected chi connectivity index (χ3v) is 4.46. The third kappa shape index (κ3) is 5.18. The first kappa shape index (κ1) is 18.8. The summed E-state index contributed by atoms with van der Waals surface area (Å²) in [4.78, 5) is 14.2. The Labute approximate surface area is 139 Å². The normalized spacial score (nSPS) is 16.7. The maximum Gasteiger partial charge on any atom is 0.258 e. The topological polar surface area (TPSA) is 41.6 Å². The van der Waals surface area contributed by atoms with Crippen LogP contribution in [0.25, 0.3) is 0 Å². The molecule has 2 rings (SSSR count). The number of hydrogen-bond donors (Lipinski definition) is 1. The van der Waals surface area contributed by atoms with Gasteiger partial charge < -0.3 is 15.0 Å². The Morgan fingerprint density at radius 1 is 1.18 bits per heavy atom. The SMILES string of the molecule is CN(C)C1(CNC(=O)COc2ccccc2)CCCCC1.Cl. The smallest absolute Gasteiger partial charge is 0.258 e. The van der Waals surface area contributed by atoms with E-state index < -0.39 is 0 Å². The summed E-state index contributed by atoms with van der Waals surface area (Å²) in [6.45, 7) is 0.782. The molecule has 4 nitrogen and oxygen atoms in total. The summed E-state index contributed by atoms with van der Waals surface area (Å²) in [6.07, 6.45) is 6.10. The van der Waals surface area contributed by atoms with Crippen molar-refractivity contribution in [3.05, 3.63) is 30.3 Å². The average Bonchev–Trinajstić information content (AvgIpc) is 2.52. The number of ether oxygens (including phenoxy) is 1. The van der Waals surface area contributed by atoms with Crippen LogP contribution in [-0.2, 0) is 4.79 Å². The van der Waals surface area contributed by atoms with Gasteiger partial charge in [0.05, 0.1) is 0 Å². The van der Waals surface area contributed by atoms with Crippen molar-refractivity contribution in [2.75, 3.05) is 27.2 Å². The molecule has 5 heteroatoms. The van der Waals surface area contributed by atoms with E-state index in [1.54, 1.807) is 0 Å². The van der Waals surface area contributed by atoms with Gasteiger partial charge in [0.1, 0.15) is 5.75 Å². The van der Waals surface area contributed by atoms with E-state index in [2.05, 4.69) is 24.3 Å². The van der Waals surface area contributed by atoms with Crippen LogP contribution in [0.1, 0.15) is 32.1 Å². The molecule has 0 heterocycles. The summed E-state index contributed by atoms with van der Waals surface area (Å²) in [6, 6.07) is 9.44. The lowest BCUT2D eigenvalue weighted by molar-refractivity contribution is -0.123. The molecule has 1 aromatic rings. The van der Waals surface area contributed by atoms with Crippen LogP contribution in [0.4, 0.5) is 0 Å². The van der Waals surface area contributed by atoms with E-state index in [9.17, 15) is 4.79 Å². The molecule has 22 heavy (non-hydrogen) atoms. The number of hydrogen-bond acceptors (Lipinski definition) is 3. The first-order valence-electron chi connectivity index (χ1n) is 7.74. The number of benzene rings is 1. The lowest BCUT2D eigenvalue weighted by Gasteiger charge is -2.43. The molecule has 0 radical (unpaired) electrons. The minimum atomic E-state index is -0.0503. The van der Waals surface area contributed by atoms with Gasteiger partial charge in [-0.1, -0.05) is 37.5 Å². The van der Waals surface area contributed by atoms with E-state index >= 15 is 0 Å². The summed E-state index contributed by atoms with van der Waals surface area (Å²) in [7, 11) is 4.22. The van der Waals surface area contributed by atoms with Crippen molar-refractivity contribution in [1.82, 2.24) is 10.2 Å². The van der Waals surface area contributed by atoms with Gasteiger partial charge in [-0.15, -0.1) is 12.4 Å². The lowest BCUT2D eigenvalue weighted by atomic mass is 9.80. The monoisotopic (exact) mass is 326 g/mol. The number of amides is 1. The first-order valence-corrected chi connectivity index (χ1v) is 7.74. The Balaban J connectivity index is 0.00000242. The van der Waals surface area contributed by atoms with Gasteiger partial charge >= 0.3 is 0 Å². The van der Waals surface area contributed by atoms with Crippen LogP contribution < -0.4 is 10.1 Å². The number of nitrogens with zero attached hydrogens (tertiary/aromatic N) is 1. The van der Waals surface area contributed by atoms with Gasteiger partial charge in [-0.25, -0.2) is 0 Å². The third-order valence-electron chi connectivity index (χ3n) is 4.46. The second-order valence-corrected chi connectivity index (χ2v) is 6.06. The predicted molar refractivity (Wildman–Crippen MR) is 91.7 cm³/mol. The summed E-state index contributed by atoms with van der Waals surface area (Å²) >= 11 is 0.